The number of halogens is 1. The number of aromatic nitrogens is 2. The van der Waals surface area contributed by atoms with Gasteiger partial charge in [0.25, 0.3) is 0 Å². The molecule has 0 N–H and O–H groups in total. The maximum absolute atomic E-state index is 6.11. The van der Waals surface area contributed by atoms with Crippen LogP contribution in [0.25, 0.3) is 11.5 Å². The molecule has 0 saturated carbocycles. The Labute approximate surface area is 126 Å². The van der Waals surface area contributed by atoms with Crippen LogP contribution in [0.4, 0.5) is 0 Å². The summed E-state index contributed by atoms with van der Waals surface area (Å²) in [6, 6.07) is 17.5. The highest BCUT2D eigenvalue weighted by atomic mass is 35.5. The van der Waals surface area contributed by atoms with E-state index in [1.807, 2.05) is 36.4 Å². The van der Waals surface area contributed by atoms with Crippen molar-refractivity contribution in [1.82, 2.24) is 10.2 Å². The highest BCUT2D eigenvalue weighted by molar-refractivity contribution is 7.98. The highest BCUT2D eigenvalue weighted by Crippen LogP contribution is 2.28. The Hall–Kier alpha value is -1.78. The van der Waals surface area contributed by atoms with E-state index < -0.39 is 0 Å². The molecule has 0 saturated heterocycles. The zero-order valence-corrected chi connectivity index (χ0v) is 12.1. The SMILES string of the molecule is Clc1ccccc1-c1nnc(CSc2ccccc2)o1. The van der Waals surface area contributed by atoms with Crippen LogP contribution in [0.1, 0.15) is 5.89 Å². The lowest BCUT2D eigenvalue weighted by Gasteiger charge is -1.98. The second-order valence-electron chi connectivity index (χ2n) is 4.08. The summed E-state index contributed by atoms with van der Waals surface area (Å²) in [6.45, 7) is 0. The second-order valence-corrected chi connectivity index (χ2v) is 5.54. The van der Waals surface area contributed by atoms with E-state index in [1.54, 1.807) is 17.8 Å². The molecule has 1 heterocycles. The van der Waals surface area contributed by atoms with Gasteiger partial charge >= 0.3 is 0 Å². The van der Waals surface area contributed by atoms with Crippen LogP contribution >= 0.6 is 23.4 Å². The fraction of sp³-hybridized carbons (Fsp3) is 0.0667. The minimum atomic E-state index is 0.458. The third kappa shape index (κ3) is 3.03. The molecule has 3 rings (SSSR count). The van der Waals surface area contributed by atoms with Crippen molar-refractivity contribution >= 4 is 23.4 Å². The van der Waals surface area contributed by atoms with Crippen LogP contribution < -0.4 is 0 Å². The van der Waals surface area contributed by atoms with Crippen LogP contribution in [-0.2, 0) is 5.75 Å². The van der Waals surface area contributed by atoms with Gasteiger partial charge in [-0.05, 0) is 24.3 Å². The molecule has 0 bridgehead atoms. The van der Waals surface area contributed by atoms with Gasteiger partial charge in [0.15, 0.2) is 0 Å². The van der Waals surface area contributed by atoms with Gasteiger partial charge in [0.05, 0.1) is 16.3 Å². The lowest BCUT2D eigenvalue weighted by atomic mass is 10.2. The predicted molar refractivity (Wildman–Crippen MR) is 80.7 cm³/mol. The number of hydrogen-bond acceptors (Lipinski definition) is 4. The lowest BCUT2D eigenvalue weighted by Crippen LogP contribution is -1.79. The van der Waals surface area contributed by atoms with Crippen LogP contribution in [0.2, 0.25) is 5.02 Å². The molecule has 0 spiro atoms. The van der Waals surface area contributed by atoms with Gasteiger partial charge < -0.3 is 4.42 Å². The van der Waals surface area contributed by atoms with E-state index in [4.69, 9.17) is 16.0 Å². The standard InChI is InChI=1S/C15H11ClN2OS/c16-13-9-5-4-8-12(13)15-18-17-14(19-15)10-20-11-6-2-1-3-7-11/h1-9H,10H2. The van der Waals surface area contributed by atoms with E-state index in [0.717, 1.165) is 5.56 Å². The molecule has 0 amide bonds. The monoisotopic (exact) mass is 302 g/mol. The molecule has 3 aromatic rings. The number of rotatable bonds is 4. The summed E-state index contributed by atoms with van der Waals surface area (Å²) >= 11 is 7.76. The number of benzene rings is 2. The summed E-state index contributed by atoms with van der Waals surface area (Å²) in [5, 5.41) is 8.71. The number of hydrogen-bond donors (Lipinski definition) is 0. The van der Waals surface area contributed by atoms with Crippen molar-refractivity contribution in [3.05, 3.63) is 65.5 Å². The Morgan fingerprint density at radius 2 is 1.70 bits per heavy atom. The fourth-order valence-electron chi connectivity index (χ4n) is 1.72. The van der Waals surface area contributed by atoms with Gasteiger partial charge in [0.1, 0.15) is 0 Å². The van der Waals surface area contributed by atoms with Crippen LogP contribution in [0.15, 0.2) is 63.9 Å². The molecule has 5 heteroatoms. The van der Waals surface area contributed by atoms with Gasteiger partial charge in [0, 0.05) is 4.90 Å². The summed E-state index contributed by atoms with van der Waals surface area (Å²) in [6.07, 6.45) is 0. The zero-order chi connectivity index (χ0) is 13.8. The van der Waals surface area contributed by atoms with Crippen LogP contribution in [0.3, 0.4) is 0 Å². The van der Waals surface area contributed by atoms with Crippen molar-refractivity contribution in [3.8, 4) is 11.5 Å². The van der Waals surface area contributed by atoms with E-state index in [9.17, 15) is 0 Å². The van der Waals surface area contributed by atoms with Gasteiger partial charge in [-0.3, -0.25) is 0 Å². The first-order chi connectivity index (χ1) is 9.83. The molecular weight excluding hydrogens is 292 g/mol. The van der Waals surface area contributed by atoms with Gasteiger partial charge in [-0.1, -0.05) is 41.9 Å². The van der Waals surface area contributed by atoms with Crippen LogP contribution in [-0.4, -0.2) is 10.2 Å². The van der Waals surface area contributed by atoms with Crippen LogP contribution in [0.5, 0.6) is 0 Å². The molecule has 0 atom stereocenters. The Morgan fingerprint density at radius 1 is 0.950 bits per heavy atom. The van der Waals surface area contributed by atoms with Crippen molar-refractivity contribution in [1.29, 1.82) is 0 Å². The first-order valence-corrected chi connectivity index (χ1v) is 7.44. The van der Waals surface area contributed by atoms with E-state index in [-0.39, 0.29) is 0 Å². The first-order valence-electron chi connectivity index (χ1n) is 6.08. The molecule has 3 nitrogen and oxygen atoms in total. The molecule has 100 valence electrons. The third-order valence-electron chi connectivity index (χ3n) is 2.68. The molecule has 0 radical (unpaired) electrons. The van der Waals surface area contributed by atoms with E-state index in [2.05, 4.69) is 22.3 Å². The normalized spacial score (nSPS) is 10.7. The van der Waals surface area contributed by atoms with Crippen molar-refractivity contribution in [2.45, 2.75) is 10.6 Å². The first kappa shape index (κ1) is 13.2. The smallest absolute Gasteiger partial charge is 0.249 e. The maximum atomic E-state index is 6.11. The summed E-state index contributed by atoms with van der Waals surface area (Å²) in [7, 11) is 0. The van der Waals surface area contributed by atoms with E-state index in [0.29, 0.717) is 22.6 Å². The largest absolute Gasteiger partial charge is 0.420 e. The molecule has 0 aliphatic heterocycles. The molecule has 2 aromatic carbocycles. The molecule has 0 aliphatic carbocycles. The van der Waals surface area contributed by atoms with Gasteiger partial charge in [-0.15, -0.1) is 22.0 Å². The summed E-state index contributed by atoms with van der Waals surface area (Å²) < 4.78 is 5.64. The van der Waals surface area contributed by atoms with Crippen molar-refractivity contribution < 1.29 is 4.42 Å². The molecule has 0 fully saturated rings. The summed E-state index contributed by atoms with van der Waals surface area (Å²) in [4.78, 5) is 1.17. The van der Waals surface area contributed by atoms with Gasteiger partial charge in [-0.25, -0.2) is 0 Å². The lowest BCUT2D eigenvalue weighted by molar-refractivity contribution is 0.528. The Bertz CT molecular complexity index is 700. The number of thioether (sulfide) groups is 1. The Morgan fingerprint density at radius 3 is 2.50 bits per heavy atom. The molecule has 0 aliphatic rings. The second kappa shape index (κ2) is 6.11. The van der Waals surface area contributed by atoms with E-state index >= 15 is 0 Å². The predicted octanol–water partition coefficient (Wildman–Crippen LogP) is 4.68. The Balaban J connectivity index is 1.73. The minimum Gasteiger partial charge on any atom is -0.420 e. The summed E-state index contributed by atoms with van der Waals surface area (Å²) in [5.74, 6) is 1.69. The number of nitrogens with zero attached hydrogens (tertiary/aromatic N) is 2. The van der Waals surface area contributed by atoms with E-state index in [1.165, 1.54) is 4.90 Å². The van der Waals surface area contributed by atoms with Crippen LogP contribution in [0, 0.1) is 0 Å². The van der Waals surface area contributed by atoms with Gasteiger partial charge in [-0.2, -0.15) is 0 Å². The highest BCUT2D eigenvalue weighted by Gasteiger charge is 2.11. The molecule has 1 aromatic heterocycles. The quantitative estimate of drug-likeness (QED) is 0.656. The fourth-order valence-corrected chi connectivity index (χ4v) is 2.69. The average Bonchev–Trinajstić information content (AvgIpc) is 2.95. The van der Waals surface area contributed by atoms with Crippen molar-refractivity contribution in [2.24, 2.45) is 0 Å². The average molecular weight is 303 g/mol. The zero-order valence-electron chi connectivity index (χ0n) is 10.5. The Kier molecular flexibility index (Phi) is 4.04. The third-order valence-corrected chi connectivity index (χ3v) is 4.00. The summed E-state index contributed by atoms with van der Waals surface area (Å²) in [5.41, 5.74) is 0.762. The maximum Gasteiger partial charge on any atom is 0.249 e. The van der Waals surface area contributed by atoms with Crippen molar-refractivity contribution in [2.75, 3.05) is 0 Å². The van der Waals surface area contributed by atoms with Gasteiger partial charge in [0.2, 0.25) is 11.8 Å². The molecule has 20 heavy (non-hydrogen) atoms. The topological polar surface area (TPSA) is 38.9 Å². The minimum absolute atomic E-state index is 0.458. The van der Waals surface area contributed by atoms with Crippen molar-refractivity contribution in [3.63, 3.8) is 0 Å². The molecule has 0 unspecified atom stereocenters. The molecular formula is C15H11ClN2OS.